The molecule has 0 atom stereocenters. The zero-order chi connectivity index (χ0) is 20.4. The monoisotopic (exact) mass is 394 g/mol. The quantitative estimate of drug-likeness (QED) is 0.406. The Kier molecular flexibility index (Phi) is 5.79. The van der Waals surface area contributed by atoms with Gasteiger partial charge in [0.25, 0.3) is 5.91 Å². The molecule has 0 spiro atoms. The molecule has 0 saturated carbocycles. The van der Waals surface area contributed by atoms with Gasteiger partial charge in [0, 0.05) is 17.0 Å². The van der Waals surface area contributed by atoms with Crippen molar-refractivity contribution in [1.82, 2.24) is 4.98 Å². The summed E-state index contributed by atoms with van der Waals surface area (Å²) in [5.41, 5.74) is 9.56. The molecular weight excluding hydrogens is 368 g/mol. The number of carbonyl (C=O) groups excluding carboxylic acids is 1. The van der Waals surface area contributed by atoms with E-state index in [1.165, 1.54) is 16.9 Å². The number of hydrogen-bond acceptors (Lipinski definition) is 5. The normalized spacial score (nSPS) is 11.0. The molecule has 0 fully saturated rings. The summed E-state index contributed by atoms with van der Waals surface area (Å²) in [5.74, 6) is 0.342. The van der Waals surface area contributed by atoms with Crippen LogP contribution in [0.5, 0.6) is 0 Å². The van der Waals surface area contributed by atoms with Crippen molar-refractivity contribution in [1.29, 1.82) is 0 Å². The third-order valence-corrected chi connectivity index (χ3v) is 5.67. The number of rotatable bonds is 5. The van der Waals surface area contributed by atoms with Crippen molar-refractivity contribution in [3.8, 4) is 0 Å². The molecule has 0 unspecified atom stereocenters. The van der Waals surface area contributed by atoms with Crippen molar-refractivity contribution in [2.75, 3.05) is 10.7 Å². The molecule has 0 aliphatic rings. The average Bonchev–Trinajstić information content (AvgIpc) is 3.06. The van der Waals surface area contributed by atoms with Gasteiger partial charge in [-0.15, -0.1) is 0 Å². The minimum absolute atomic E-state index is 0.102. The van der Waals surface area contributed by atoms with Gasteiger partial charge in [0.1, 0.15) is 0 Å². The lowest BCUT2D eigenvalue weighted by molar-refractivity contribution is 0.102. The smallest absolute Gasteiger partial charge is 0.255 e. The van der Waals surface area contributed by atoms with Crippen molar-refractivity contribution < 1.29 is 4.79 Å². The van der Waals surface area contributed by atoms with Crippen molar-refractivity contribution in [3.63, 3.8) is 0 Å². The van der Waals surface area contributed by atoms with Crippen LogP contribution in [0.3, 0.4) is 0 Å². The Morgan fingerprint density at radius 3 is 2.43 bits per heavy atom. The zero-order valence-corrected chi connectivity index (χ0v) is 18.0. The molecule has 2 N–H and O–H groups in total. The maximum Gasteiger partial charge on any atom is 0.255 e. The number of fused-ring (bicyclic) bond motifs is 1. The van der Waals surface area contributed by atoms with E-state index >= 15 is 0 Å². The van der Waals surface area contributed by atoms with Gasteiger partial charge in [0.15, 0.2) is 0 Å². The molecule has 0 saturated heterocycles. The molecule has 146 valence electrons. The Hall–Kier alpha value is -2.73. The van der Waals surface area contributed by atoms with E-state index in [2.05, 4.69) is 34.7 Å². The third-order valence-electron chi connectivity index (χ3n) is 4.57. The van der Waals surface area contributed by atoms with Crippen LogP contribution in [-0.4, -0.2) is 16.6 Å². The second-order valence-corrected chi connectivity index (χ2v) is 8.46. The first-order valence-electron chi connectivity index (χ1n) is 9.35. The van der Waals surface area contributed by atoms with Gasteiger partial charge in [-0.25, -0.2) is 4.98 Å². The molecule has 1 aromatic heterocycles. The first-order valence-corrected chi connectivity index (χ1v) is 10.2. The van der Waals surface area contributed by atoms with Crippen LogP contribution in [-0.2, 0) is 0 Å². The van der Waals surface area contributed by atoms with Crippen LogP contribution in [0.4, 0.5) is 10.8 Å². The first-order chi connectivity index (χ1) is 13.3. The zero-order valence-electron chi connectivity index (χ0n) is 17.2. The summed E-state index contributed by atoms with van der Waals surface area (Å²) in [4.78, 5) is 17.4. The van der Waals surface area contributed by atoms with E-state index in [0.29, 0.717) is 11.5 Å². The van der Waals surface area contributed by atoms with Gasteiger partial charge in [-0.3, -0.25) is 10.2 Å². The molecule has 28 heavy (non-hydrogen) atoms. The van der Waals surface area contributed by atoms with Crippen LogP contribution in [0.25, 0.3) is 10.2 Å². The Morgan fingerprint density at radius 2 is 1.82 bits per heavy atom. The predicted octanol–water partition coefficient (Wildman–Crippen LogP) is 6.10. The number of nitrogens with zero attached hydrogens (tertiary/aromatic N) is 2. The van der Waals surface area contributed by atoms with Gasteiger partial charge in [-0.05, 0) is 68.5 Å². The largest absolute Gasteiger partial charge is 0.321 e. The number of hydrazone groups is 1. The predicted molar refractivity (Wildman–Crippen MR) is 120 cm³/mol. The van der Waals surface area contributed by atoms with Gasteiger partial charge in [0.05, 0.1) is 10.2 Å². The van der Waals surface area contributed by atoms with Crippen molar-refractivity contribution in [3.05, 3.63) is 52.6 Å². The minimum atomic E-state index is -0.102. The van der Waals surface area contributed by atoms with E-state index in [-0.39, 0.29) is 5.91 Å². The molecule has 0 aliphatic heterocycles. The summed E-state index contributed by atoms with van der Waals surface area (Å²) in [5, 5.41) is 8.05. The Morgan fingerprint density at radius 1 is 1.14 bits per heavy atom. The van der Waals surface area contributed by atoms with Crippen LogP contribution in [0.15, 0.2) is 35.4 Å². The highest BCUT2D eigenvalue weighted by Crippen LogP contribution is 2.35. The molecule has 2 aromatic carbocycles. The molecular formula is C22H26N4OS. The number of thiazole rings is 1. The second kappa shape index (κ2) is 8.10. The summed E-state index contributed by atoms with van der Waals surface area (Å²) in [6.07, 6.45) is 0. The number of aromatic nitrogens is 1. The fourth-order valence-electron chi connectivity index (χ4n) is 2.99. The molecule has 1 heterocycles. The lowest BCUT2D eigenvalue weighted by atomic mass is 10.0. The standard InChI is InChI=1S/C22H26N4OS/c1-12(2)16-7-9-17(10-8-16)21(27)24-19-14(5)11-18-20(15(19)6)28-22(23-18)26-25-13(3)4/h7-12H,1-6H3,(H,23,26)(H,24,27). The molecule has 0 aliphatic carbocycles. The second-order valence-electron chi connectivity index (χ2n) is 7.46. The molecule has 0 radical (unpaired) electrons. The summed E-state index contributed by atoms with van der Waals surface area (Å²) in [6.45, 7) is 12.1. The average molecular weight is 395 g/mol. The number of anilines is 2. The fraction of sp³-hybridized carbons (Fsp3) is 0.318. The highest BCUT2D eigenvalue weighted by Gasteiger charge is 2.15. The summed E-state index contributed by atoms with van der Waals surface area (Å²) >= 11 is 1.54. The summed E-state index contributed by atoms with van der Waals surface area (Å²) in [6, 6.07) is 9.80. The van der Waals surface area contributed by atoms with Crippen LogP contribution in [0.2, 0.25) is 0 Å². The van der Waals surface area contributed by atoms with Crippen LogP contribution >= 0.6 is 11.3 Å². The van der Waals surface area contributed by atoms with Crippen LogP contribution in [0.1, 0.15) is 60.7 Å². The highest BCUT2D eigenvalue weighted by atomic mass is 32.1. The molecule has 5 nitrogen and oxygen atoms in total. The van der Waals surface area contributed by atoms with E-state index in [4.69, 9.17) is 0 Å². The SMILES string of the molecule is CC(C)=NNc1nc2cc(C)c(NC(=O)c3ccc(C(C)C)cc3)c(C)c2s1. The number of hydrogen-bond donors (Lipinski definition) is 2. The maximum absolute atomic E-state index is 12.8. The first kappa shape index (κ1) is 20.0. The Bertz CT molecular complexity index is 1040. The number of carbonyl (C=O) groups is 1. The van der Waals surface area contributed by atoms with Crippen molar-refractivity contribution >= 4 is 44.0 Å². The van der Waals surface area contributed by atoms with Gasteiger partial charge < -0.3 is 5.32 Å². The summed E-state index contributed by atoms with van der Waals surface area (Å²) < 4.78 is 1.04. The topological polar surface area (TPSA) is 66.4 Å². The van der Waals surface area contributed by atoms with Gasteiger partial charge in [0.2, 0.25) is 5.13 Å². The van der Waals surface area contributed by atoms with Crippen LogP contribution in [0, 0.1) is 13.8 Å². The number of amides is 1. The van der Waals surface area contributed by atoms with Crippen molar-refractivity contribution in [2.24, 2.45) is 5.10 Å². The molecule has 0 bridgehead atoms. The Labute approximate surface area is 169 Å². The van der Waals surface area contributed by atoms with E-state index in [9.17, 15) is 4.79 Å². The van der Waals surface area contributed by atoms with E-state index in [1.807, 2.05) is 58.0 Å². The van der Waals surface area contributed by atoms with Gasteiger partial charge in [-0.2, -0.15) is 5.10 Å². The van der Waals surface area contributed by atoms with E-state index in [1.54, 1.807) is 0 Å². The maximum atomic E-state index is 12.8. The molecule has 3 aromatic rings. The molecule has 3 rings (SSSR count). The van der Waals surface area contributed by atoms with E-state index in [0.717, 1.165) is 37.9 Å². The minimum Gasteiger partial charge on any atom is -0.321 e. The molecule has 1 amide bonds. The Balaban J connectivity index is 1.89. The van der Waals surface area contributed by atoms with E-state index < -0.39 is 0 Å². The lowest BCUT2D eigenvalue weighted by Crippen LogP contribution is -2.14. The van der Waals surface area contributed by atoms with Crippen molar-refractivity contribution in [2.45, 2.75) is 47.5 Å². The lowest BCUT2D eigenvalue weighted by Gasteiger charge is -2.13. The van der Waals surface area contributed by atoms with Crippen LogP contribution < -0.4 is 10.7 Å². The third kappa shape index (κ3) is 4.22. The number of benzene rings is 2. The van der Waals surface area contributed by atoms with Gasteiger partial charge in [-0.1, -0.05) is 37.3 Å². The highest BCUT2D eigenvalue weighted by molar-refractivity contribution is 7.22. The molecule has 6 heteroatoms. The summed E-state index contributed by atoms with van der Waals surface area (Å²) in [7, 11) is 0. The number of aryl methyl sites for hydroxylation is 2. The number of nitrogens with one attached hydrogen (secondary N) is 2. The fourth-order valence-corrected chi connectivity index (χ4v) is 3.88. The van der Waals surface area contributed by atoms with Gasteiger partial charge >= 0.3 is 0 Å².